The molecule has 1 aromatic carbocycles. The summed E-state index contributed by atoms with van der Waals surface area (Å²) in [4.78, 5) is 0. The molecular formula is C17H24N2. The highest BCUT2D eigenvalue weighted by Crippen LogP contribution is 2.31. The number of benzene rings is 1. The maximum atomic E-state index is 8.83. The molecule has 1 aliphatic rings. The molecule has 0 aliphatic heterocycles. The molecule has 2 heteroatoms. The predicted molar refractivity (Wildman–Crippen MR) is 78.7 cm³/mol. The predicted octanol–water partition coefficient (Wildman–Crippen LogP) is 4.03. The average Bonchev–Trinajstić information content (AvgIpc) is 2.44. The van der Waals surface area contributed by atoms with Crippen LogP contribution < -0.4 is 5.32 Å². The van der Waals surface area contributed by atoms with Gasteiger partial charge in [0.05, 0.1) is 11.6 Å². The van der Waals surface area contributed by atoms with Crippen LogP contribution >= 0.6 is 0 Å². The Hall–Kier alpha value is -1.33. The molecule has 1 N–H and O–H groups in total. The Labute approximate surface area is 116 Å². The van der Waals surface area contributed by atoms with E-state index in [2.05, 4.69) is 44.3 Å². The van der Waals surface area contributed by atoms with E-state index in [1.807, 2.05) is 12.1 Å². The lowest BCUT2D eigenvalue weighted by Gasteiger charge is -2.36. The minimum absolute atomic E-state index is 0.352. The van der Waals surface area contributed by atoms with E-state index in [9.17, 15) is 0 Å². The van der Waals surface area contributed by atoms with Crippen LogP contribution in [0.1, 0.15) is 57.2 Å². The topological polar surface area (TPSA) is 35.8 Å². The second-order valence-electron chi connectivity index (χ2n) is 6.00. The maximum Gasteiger partial charge on any atom is 0.0991 e. The highest BCUT2D eigenvalue weighted by molar-refractivity contribution is 5.32. The molecule has 1 saturated carbocycles. The van der Waals surface area contributed by atoms with Crippen molar-refractivity contribution in [3.63, 3.8) is 0 Å². The normalized spacial score (nSPS) is 28.6. The fraction of sp³-hybridized carbons (Fsp3) is 0.588. The molecule has 102 valence electrons. The molecule has 0 aromatic heterocycles. The van der Waals surface area contributed by atoms with Crippen LogP contribution in [0.15, 0.2) is 24.3 Å². The van der Waals surface area contributed by atoms with Crippen molar-refractivity contribution in [3.05, 3.63) is 35.4 Å². The molecule has 0 spiro atoms. The van der Waals surface area contributed by atoms with E-state index in [-0.39, 0.29) is 0 Å². The lowest BCUT2D eigenvalue weighted by atomic mass is 9.77. The summed E-state index contributed by atoms with van der Waals surface area (Å²) < 4.78 is 0. The Morgan fingerprint density at radius 1 is 1.21 bits per heavy atom. The summed E-state index contributed by atoms with van der Waals surface area (Å²) in [5.74, 6) is 1.56. The van der Waals surface area contributed by atoms with Gasteiger partial charge < -0.3 is 5.32 Å². The standard InChI is InChI=1S/C17H24N2/c1-12-5-4-6-17(13(12)2)19-14(3)16-9-7-15(11-18)8-10-16/h7-10,12-14,17,19H,4-6H2,1-3H3. The summed E-state index contributed by atoms with van der Waals surface area (Å²) in [6.45, 7) is 6.95. The third-order valence-electron chi connectivity index (χ3n) is 4.71. The van der Waals surface area contributed by atoms with E-state index in [1.165, 1.54) is 24.8 Å². The highest BCUT2D eigenvalue weighted by atomic mass is 15.0. The first-order chi connectivity index (χ1) is 9.11. The summed E-state index contributed by atoms with van der Waals surface area (Å²) in [5, 5.41) is 12.6. The molecule has 0 amide bonds. The lowest BCUT2D eigenvalue weighted by Crippen LogP contribution is -2.41. The van der Waals surface area contributed by atoms with Gasteiger partial charge in [-0.1, -0.05) is 38.8 Å². The Bertz CT molecular complexity index is 443. The van der Waals surface area contributed by atoms with Crippen LogP contribution in [0.5, 0.6) is 0 Å². The average molecular weight is 256 g/mol. The SMILES string of the molecule is CC(NC1CCCC(C)C1C)c1ccc(C#N)cc1. The molecule has 1 fully saturated rings. The van der Waals surface area contributed by atoms with Crippen LogP contribution in [-0.2, 0) is 0 Å². The van der Waals surface area contributed by atoms with E-state index in [0.29, 0.717) is 12.1 Å². The molecule has 4 atom stereocenters. The Kier molecular flexibility index (Phi) is 4.61. The van der Waals surface area contributed by atoms with Gasteiger partial charge in [0.1, 0.15) is 0 Å². The van der Waals surface area contributed by atoms with Crippen LogP contribution in [0, 0.1) is 23.2 Å². The van der Waals surface area contributed by atoms with Gasteiger partial charge in [-0.2, -0.15) is 5.26 Å². The van der Waals surface area contributed by atoms with Gasteiger partial charge in [-0.3, -0.25) is 0 Å². The molecule has 0 radical (unpaired) electrons. The van der Waals surface area contributed by atoms with Crippen molar-refractivity contribution in [2.45, 2.75) is 52.1 Å². The van der Waals surface area contributed by atoms with Gasteiger partial charge in [-0.25, -0.2) is 0 Å². The molecule has 19 heavy (non-hydrogen) atoms. The van der Waals surface area contributed by atoms with E-state index in [1.54, 1.807) is 0 Å². The van der Waals surface area contributed by atoms with Crippen molar-refractivity contribution < 1.29 is 0 Å². The molecule has 1 aliphatic carbocycles. The molecule has 0 saturated heterocycles. The highest BCUT2D eigenvalue weighted by Gasteiger charge is 2.27. The molecule has 0 bridgehead atoms. The minimum Gasteiger partial charge on any atom is -0.307 e. The first-order valence-corrected chi connectivity index (χ1v) is 7.38. The van der Waals surface area contributed by atoms with Crippen LogP contribution in [0.25, 0.3) is 0 Å². The zero-order chi connectivity index (χ0) is 13.8. The summed E-state index contributed by atoms with van der Waals surface area (Å²) in [7, 11) is 0. The molecule has 2 nitrogen and oxygen atoms in total. The molecule has 0 heterocycles. The van der Waals surface area contributed by atoms with Gasteiger partial charge in [-0.05, 0) is 42.9 Å². The zero-order valence-corrected chi connectivity index (χ0v) is 12.2. The smallest absolute Gasteiger partial charge is 0.0991 e. The number of nitrogens with one attached hydrogen (secondary N) is 1. The fourth-order valence-electron chi connectivity index (χ4n) is 3.08. The van der Waals surface area contributed by atoms with E-state index >= 15 is 0 Å². The Balaban J connectivity index is 1.99. The van der Waals surface area contributed by atoms with Crippen molar-refractivity contribution >= 4 is 0 Å². The van der Waals surface area contributed by atoms with Gasteiger partial charge in [0, 0.05) is 12.1 Å². The zero-order valence-electron chi connectivity index (χ0n) is 12.2. The first kappa shape index (κ1) is 14.1. The van der Waals surface area contributed by atoms with Crippen molar-refractivity contribution in [1.29, 1.82) is 5.26 Å². The largest absolute Gasteiger partial charge is 0.307 e. The van der Waals surface area contributed by atoms with Crippen molar-refractivity contribution in [2.75, 3.05) is 0 Å². The third kappa shape index (κ3) is 3.36. The number of hydrogen-bond acceptors (Lipinski definition) is 2. The van der Waals surface area contributed by atoms with Crippen molar-refractivity contribution in [3.8, 4) is 6.07 Å². The summed E-state index contributed by atoms with van der Waals surface area (Å²) >= 11 is 0. The van der Waals surface area contributed by atoms with Gasteiger partial charge in [0.2, 0.25) is 0 Å². The quantitative estimate of drug-likeness (QED) is 0.886. The monoisotopic (exact) mass is 256 g/mol. The molecule has 1 aromatic rings. The van der Waals surface area contributed by atoms with Gasteiger partial charge in [-0.15, -0.1) is 0 Å². The number of rotatable bonds is 3. The van der Waals surface area contributed by atoms with E-state index < -0.39 is 0 Å². The minimum atomic E-state index is 0.352. The molecule has 2 rings (SSSR count). The van der Waals surface area contributed by atoms with Gasteiger partial charge >= 0.3 is 0 Å². The van der Waals surface area contributed by atoms with Crippen molar-refractivity contribution in [1.82, 2.24) is 5.32 Å². The van der Waals surface area contributed by atoms with Crippen LogP contribution in [0.2, 0.25) is 0 Å². The van der Waals surface area contributed by atoms with Crippen LogP contribution in [0.4, 0.5) is 0 Å². The fourth-order valence-corrected chi connectivity index (χ4v) is 3.08. The summed E-state index contributed by atoms with van der Waals surface area (Å²) in [5.41, 5.74) is 2.00. The van der Waals surface area contributed by atoms with E-state index in [4.69, 9.17) is 5.26 Å². The third-order valence-corrected chi connectivity index (χ3v) is 4.71. The molecule has 4 unspecified atom stereocenters. The Morgan fingerprint density at radius 3 is 2.53 bits per heavy atom. The lowest BCUT2D eigenvalue weighted by molar-refractivity contribution is 0.196. The van der Waals surface area contributed by atoms with Gasteiger partial charge in [0.25, 0.3) is 0 Å². The van der Waals surface area contributed by atoms with Crippen molar-refractivity contribution in [2.24, 2.45) is 11.8 Å². The van der Waals surface area contributed by atoms with E-state index in [0.717, 1.165) is 17.4 Å². The second-order valence-corrected chi connectivity index (χ2v) is 6.00. The van der Waals surface area contributed by atoms with Crippen LogP contribution in [0.3, 0.4) is 0 Å². The van der Waals surface area contributed by atoms with Crippen LogP contribution in [-0.4, -0.2) is 6.04 Å². The van der Waals surface area contributed by atoms with Gasteiger partial charge in [0.15, 0.2) is 0 Å². The molecular weight excluding hydrogens is 232 g/mol. The Morgan fingerprint density at radius 2 is 1.89 bits per heavy atom. The number of nitriles is 1. The summed E-state index contributed by atoms with van der Waals surface area (Å²) in [6, 6.07) is 11.1. The first-order valence-electron chi connectivity index (χ1n) is 7.38. The maximum absolute atomic E-state index is 8.83. The second kappa shape index (κ2) is 6.21. The summed E-state index contributed by atoms with van der Waals surface area (Å²) in [6.07, 6.45) is 3.99. The number of hydrogen-bond donors (Lipinski definition) is 1. The number of nitrogens with zero attached hydrogens (tertiary/aromatic N) is 1.